The maximum absolute atomic E-state index is 12.4. The summed E-state index contributed by atoms with van der Waals surface area (Å²) in [6.07, 6.45) is 2.47. The SMILES string of the molecule is NCCCCC[C@H](N)c1noc([C@H](CCC(N)=O)NS(=O)(=O)N[C@@H](CCO)C(=O)O)n1. The van der Waals surface area contributed by atoms with Gasteiger partial charge in [0, 0.05) is 13.0 Å². The molecule has 1 amide bonds. The van der Waals surface area contributed by atoms with Crippen molar-refractivity contribution in [2.45, 2.75) is 63.1 Å². The number of nitrogens with two attached hydrogens (primary N) is 3. The van der Waals surface area contributed by atoms with Gasteiger partial charge in [0.15, 0.2) is 5.82 Å². The molecule has 0 saturated heterocycles. The number of aliphatic hydroxyl groups excluding tert-OH is 1. The van der Waals surface area contributed by atoms with Crippen molar-refractivity contribution in [2.75, 3.05) is 13.2 Å². The number of hydrogen-bond donors (Lipinski definition) is 7. The van der Waals surface area contributed by atoms with Crippen molar-refractivity contribution in [1.82, 2.24) is 19.6 Å². The van der Waals surface area contributed by atoms with Gasteiger partial charge in [0.25, 0.3) is 10.2 Å². The minimum atomic E-state index is -4.39. The van der Waals surface area contributed by atoms with E-state index in [2.05, 4.69) is 14.9 Å². The van der Waals surface area contributed by atoms with E-state index in [-0.39, 0.29) is 31.0 Å². The molecule has 0 unspecified atom stereocenters. The van der Waals surface area contributed by atoms with Crippen LogP contribution in [0.25, 0.3) is 0 Å². The van der Waals surface area contributed by atoms with E-state index >= 15 is 0 Å². The van der Waals surface area contributed by atoms with Crippen molar-refractivity contribution in [1.29, 1.82) is 0 Å². The molecule has 0 saturated carbocycles. The minimum absolute atomic E-state index is 0.110. The van der Waals surface area contributed by atoms with Crippen LogP contribution >= 0.6 is 0 Å². The second kappa shape index (κ2) is 13.3. The zero-order valence-electron chi connectivity index (χ0n) is 17.1. The summed E-state index contributed by atoms with van der Waals surface area (Å²) in [6, 6.07) is -3.25. The highest BCUT2D eigenvalue weighted by Gasteiger charge is 2.29. The van der Waals surface area contributed by atoms with Crippen molar-refractivity contribution < 1.29 is 32.7 Å². The summed E-state index contributed by atoms with van der Waals surface area (Å²) >= 11 is 0. The van der Waals surface area contributed by atoms with E-state index in [0.717, 1.165) is 19.3 Å². The highest BCUT2D eigenvalue weighted by atomic mass is 32.2. The molecule has 0 aliphatic carbocycles. The second-order valence-corrected chi connectivity index (χ2v) is 8.41. The van der Waals surface area contributed by atoms with Crippen molar-refractivity contribution in [3.8, 4) is 0 Å². The number of rotatable bonds is 17. The molecule has 178 valence electrons. The molecule has 1 heterocycles. The molecule has 0 aliphatic rings. The van der Waals surface area contributed by atoms with Gasteiger partial charge in [-0.2, -0.15) is 22.8 Å². The lowest BCUT2D eigenvalue weighted by atomic mass is 10.1. The summed E-state index contributed by atoms with van der Waals surface area (Å²) in [5.74, 6) is -2.12. The van der Waals surface area contributed by atoms with Crippen LogP contribution in [0.1, 0.15) is 68.7 Å². The van der Waals surface area contributed by atoms with E-state index in [1.54, 1.807) is 0 Å². The first-order chi connectivity index (χ1) is 14.6. The Hall–Kier alpha value is -2.17. The Kier molecular flexibility index (Phi) is 11.5. The number of unbranched alkanes of at least 4 members (excludes halogenated alkanes) is 2. The Labute approximate surface area is 180 Å². The van der Waals surface area contributed by atoms with E-state index in [1.807, 2.05) is 4.72 Å². The van der Waals surface area contributed by atoms with Gasteiger partial charge in [-0.3, -0.25) is 9.59 Å². The lowest BCUT2D eigenvalue weighted by Gasteiger charge is -2.18. The maximum atomic E-state index is 12.4. The first kappa shape index (κ1) is 26.9. The molecule has 1 aromatic rings. The van der Waals surface area contributed by atoms with Crippen LogP contribution < -0.4 is 26.6 Å². The predicted molar refractivity (Wildman–Crippen MR) is 108 cm³/mol. The van der Waals surface area contributed by atoms with Crippen molar-refractivity contribution in [3.63, 3.8) is 0 Å². The van der Waals surface area contributed by atoms with E-state index < -0.39 is 46.8 Å². The largest absolute Gasteiger partial charge is 0.480 e. The summed E-state index contributed by atoms with van der Waals surface area (Å²) in [5.41, 5.74) is 16.6. The number of aromatic nitrogens is 2. The molecular weight excluding hydrogens is 434 g/mol. The summed E-state index contributed by atoms with van der Waals surface area (Å²) in [5, 5.41) is 21.8. The van der Waals surface area contributed by atoms with Gasteiger partial charge in [0.2, 0.25) is 11.8 Å². The molecule has 1 rings (SSSR count). The number of carbonyl (C=O) groups is 2. The number of aliphatic carboxylic acids is 1. The van der Waals surface area contributed by atoms with Gasteiger partial charge < -0.3 is 31.9 Å². The fraction of sp³-hybridized carbons (Fsp3) is 0.750. The van der Waals surface area contributed by atoms with Crippen LogP contribution in [0.15, 0.2) is 4.52 Å². The Bertz CT molecular complexity index is 802. The molecule has 1 aromatic heterocycles. The highest BCUT2D eigenvalue weighted by Crippen LogP contribution is 2.21. The zero-order chi connectivity index (χ0) is 23.4. The van der Waals surface area contributed by atoms with E-state index in [1.165, 1.54) is 0 Å². The number of carbonyl (C=O) groups excluding carboxylic acids is 1. The number of carboxylic acids is 1. The lowest BCUT2D eigenvalue weighted by Crippen LogP contribution is -2.47. The Morgan fingerprint density at radius 2 is 1.84 bits per heavy atom. The van der Waals surface area contributed by atoms with Gasteiger partial charge in [-0.1, -0.05) is 18.0 Å². The Balaban J connectivity index is 2.92. The summed E-state index contributed by atoms with van der Waals surface area (Å²) in [7, 11) is -4.39. The maximum Gasteiger partial charge on any atom is 0.321 e. The number of primary amides is 1. The number of nitrogens with zero attached hydrogens (tertiary/aromatic N) is 2. The fourth-order valence-electron chi connectivity index (χ4n) is 2.64. The lowest BCUT2D eigenvalue weighted by molar-refractivity contribution is -0.139. The van der Waals surface area contributed by atoms with Crippen molar-refractivity contribution in [2.24, 2.45) is 17.2 Å². The summed E-state index contributed by atoms with van der Waals surface area (Å²) in [4.78, 5) is 26.5. The van der Waals surface area contributed by atoms with Gasteiger partial charge in [-0.05, 0) is 32.2 Å². The third kappa shape index (κ3) is 10.1. The monoisotopic (exact) mass is 465 g/mol. The van der Waals surface area contributed by atoms with Gasteiger partial charge in [-0.15, -0.1) is 0 Å². The molecular formula is C16H31N7O7S. The quantitative estimate of drug-likeness (QED) is 0.126. The van der Waals surface area contributed by atoms with E-state index in [0.29, 0.717) is 13.0 Å². The van der Waals surface area contributed by atoms with Gasteiger partial charge >= 0.3 is 5.97 Å². The first-order valence-electron chi connectivity index (χ1n) is 9.80. The number of amides is 1. The van der Waals surface area contributed by atoms with Gasteiger partial charge in [-0.25, -0.2) is 0 Å². The van der Waals surface area contributed by atoms with Gasteiger partial charge in [0.1, 0.15) is 12.1 Å². The number of aliphatic hydroxyl groups is 1. The summed E-state index contributed by atoms with van der Waals surface area (Å²) in [6.45, 7) is 0.0408. The molecule has 0 aromatic carbocycles. The molecule has 31 heavy (non-hydrogen) atoms. The molecule has 0 bridgehead atoms. The zero-order valence-corrected chi connectivity index (χ0v) is 17.9. The smallest absolute Gasteiger partial charge is 0.321 e. The highest BCUT2D eigenvalue weighted by molar-refractivity contribution is 7.87. The standard InChI is InChI=1S/C16H31N7O7S/c17-8-3-1-2-4-10(18)14-20-15(30-21-14)11(5-6-13(19)25)22-31(28,29)23-12(7-9-24)16(26)27/h10-12,22-24H,1-9,17-18H2,(H2,19,25)(H,26,27)/t10-,11-,12-/m0/s1. The van der Waals surface area contributed by atoms with Crippen LogP contribution in [0.3, 0.4) is 0 Å². The molecule has 3 atom stereocenters. The third-order valence-corrected chi connectivity index (χ3v) is 5.49. The number of carboxylic acid groups (broad SMARTS) is 1. The van der Waals surface area contributed by atoms with Crippen LogP contribution in [0.2, 0.25) is 0 Å². The van der Waals surface area contributed by atoms with Crippen LogP contribution in [0.4, 0.5) is 0 Å². The Morgan fingerprint density at radius 1 is 1.13 bits per heavy atom. The van der Waals surface area contributed by atoms with E-state index in [4.69, 9.17) is 31.9 Å². The molecule has 0 aliphatic heterocycles. The average molecular weight is 466 g/mol. The normalized spacial score (nSPS) is 14.8. The number of hydrogen-bond acceptors (Lipinski definition) is 10. The minimum Gasteiger partial charge on any atom is -0.480 e. The second-order valence-electron chi connectivity index (χ2n) is 6.94. The van der Waals surface area contributed by atoms with Gasteiger partial charge in [0.05, 0.1) is 6.04 Å². The molecule has 0 spiro atoms. The summed E-state index contributed by atoms with van der Waals surface area (Å²) < 4.78 is 34.0. The number of nitrogens with one attached hydrogen (secondary N) is 2. The van der Waals surface area contributed by atoms with Crippen molar-refractivity contribution >= 4 is 22.1 Å². The average Bonchev–Trinajstić information content (AvgIpc) is 3.18. The topological polar surface area (TPSA) is 250 Å². The molecule has 14 nitrogen and oxygen atoms in total. The van der Waals surface area contributed by atoms with Crippen molar-refractivity contribution in [3.05, 3.63) is 11.7 Å². The fourth-order valence-corrected chi connectivity index (χ4v) is 3.90. The predicted octanol–water partition coefficient (Wildman–Crippen LogP) is -1.85. The molecule has 10 N–H and O–H groups in total. The van der Waals surface area contributed by atoms with E-state index in [9.17, 15) is 18.0 Å². The first-order valence-corrected chi connectivity index (χ1v) is 11.3. The molecule has 0 fully saturated rings. The van der Waals surface area contributed by atoms with Crippen LogP contribution in [0.5, 0.6) is 0 Å². The molecule has 15 heteroatoms. The molecule has 0 radical (unpaired) electrons. The van der Waals surface area contributed by atoms with Crippen LogP contribution in [-0.2, 0) is 19.8 Å². The van der Waals surface area contributed by atoms with Crippen LogP contribution in [-0.4, -0.2) is 59.8 Å². The third-order valence-electron chi connectivity index (χ3n) is 4.30. The van der Waals surface area contributed by atoms with Crippen LogP contribution in [0, 0.1) is 0 Å². The Morgan fingerprint density at radius 3 is 2.42 bits per heavy atom.